The van der Waals surface area contributed by atoms with E-state index in [1.807, 2.05) is 0 Å². The molecular weight excluding hydrogens is 206 g/mol. The van der Waals surface area contributed by atoms with Gasteiger partial charge in [-0.3, -0.25) is 4.90 Å². The van der Waals surface area contributed by atoms with E-state index in [0.717, 1.165) is 31.4 Å². The Morgan fingerprint density at radius 1 is 1.47 bits per heavy atom. The second kappa shape index (κ2) is 7.53. The van der Waals surface area contributed by atoms with Gasteiger partial charge in [-0.2, -0.15) is 12.6 Å². The lowest BCUT2D eigenvalue weighted by molar-refractivity contribution is -0.0145. The Morgan fingerprint density at radius 3 is 2.87 bits per heavy atom. The Bertz CT molecular complexity index is 166. The Labute approximate surface area is 99.8 Å². The summed E-state index contributed by atoms with van der Waals surface area (Å²) in [6, 6.07) is 0.637. The van der Waals surface area contributed by atoms with Crippen molar-refractivity contribution in [1.29, 1.82) is 0 Å². The summed E-state index contributed by atoms with van der Waals surface area (Å²) in [6.45, 7) is 8.64. The molecule has 1 fully saturated rings. The van der Waals surface area contributed by atoms with Crippen LogP contribution in [0.2, 0.25) is 0 Å². The molecule has 0 saturated carbocycles. The van der Waals surface area contributed by atoms with Crippen molar-refractivity contribution < 1.29 is 4.74 Å². The van der Waals surface area contributed by atoms with E-state index in [1.165, 1.54) is 25.8 Å². The molecule has 90 valence electrons. The maximum Gasteiger partial charge on any atom is 0.0622 e. The van der Waals surface area contributed by atoms with E-state index in [2.05, 4.69) is 31.4 Å². The highest BCUT2D eigenvalue weighted by atomic mass is 32.1. The molecule has 2 atom stereocenters. The molecule has 1 heterocycles. The number of hydrogen-bond acceptors (Lipinski definition) is 3. The van der Waals surface area contributed by atoms with Crippen molar-refractivity contribution in [3.63, 3.8) is 0 Å². The van der Waals surface area contributed by atoms with E-state index in [1.54, 1.807) is 0 Å². The van der Waals surface area contributed by atoms with Crippen LogP contribution in [0.25, 0.3) is 0 Å². The number of rotatable bonds is 6. The van der Waals surface area contributed by atoms with Crippen molar-refractivity contribution >= 4 is 12.6 Å². The molecule has 0 bridgehead atoms. The number of hydrogen-bond donors (Lipinski definition) is 1. The topological polar surface area (TPSA) is 12.5 Å². The molecule has 0 radical (unpaired) electrons. The summed E-state index contributed by atoms with van der Waals surface area (Å²) < 4.78 is 5.52. The average molecular weight is 231 g/mol. The van der Waals surface area contributed by atoms with Gasteiger partial charge in [-0.25, -0.2) is 0 Å². The fraction of sp³-hybridized carbons (Fsp3) is 1.00. The SMILES string of the molecule is CCCC(CS)CN1CCOCC1CC. The molecule has 0 spiro atoms. The molecule has 2 unspecified atom stereocenters. The molecule has 3 heteroatoms. The van der Waals surface area contributed by atoms with Crippen molar-refractivity contribution in [3.8, 4) is 0 Å². The van der Waals surface area contributed by atoms with Crippen LogP contribution in [0.4, 0.5) is 0 Å². The van der Waals surface area contributed by atoms with Gasteiger partial charge in [0.05, 0.1) is 13.2 Å². The standard InChI is InChI=1S/C12H25NOS/c1-3-5-11(10-15)8-13-6-7-14-9-12(13)4-2/h11-12,15H,3-10H2,1-2H3. The first-order chi connectivity index (χ1) is 7.31. The third kappa shape index (κ3) is 4.33. The minimum absolute atomic E-state index is 0.637. The summed E-state index contributed by atoms with van der Waals surface area (Å²) in [7, 11) is 0. The molecule has 2 nitrogen and oxygen atoms in total. The number of ether oxygens (including phenoxy) is 1. The van der Waals surface area contributed by atoms with Gasteiger partial charge in [0, 0.05) is 19.1 Å². The quantitative estimate of drug-likeness (QED) is 0.705. The molecular formula is C12H25NOS. The smallest absolute Gasteiger partial charge is 0.0622 e. The molecule has 15 heavy (non-hydrogen) atoms. The van der Waals surface area contributed by atoms with Crippen LogP contribution >= 0.6 is 12.6 Å². The normalized spacial score (nSPS) is 25.4. The van der Waals surface area contributed by atoms with E-state index in [-0.39, 0.29) is 0 Å². The fourth-order valence-corrected chi connectivity index (χ4v) is 2.58. The predicted molar refractivity (Wildman–Crippen MR) is 68.7 cm³/mol. The first-order valence-corrected chi connectivity index (χ1v) is 6.87. The molecule has 1 rings (SSSR count). The van der Waals surface area contributed by atoms with E-state index >= 15 is 0 Å². The second-order valence-corrected chi connectivity index (χ2v) is 4.83. The van der Waals surface area contributed by atoms with Crippen LogP contribution in [0.3, 0.4) is 0 Å². The third-order valence-electron chi connectivity index (χ3n) is 3.27. The number of nitrogens with zero attached hydrogens (tertiary/aromatic N) is 1. The van der Waals surface area contributed by atoms with Crippen molar-refractivity contribution in [2.45, 2.75) is 39.2 Å². The molecule has 0 amide bonds. The average Bonchev–Trinajstić information content (AvgIpc) is 2.29. The van der Waals surface area contributed by atoms with Gasteiger partial charge in [0.2, 0.25) is 0 Å². The van der Waals surface area contributed by atoms with Gasteiger partial charge < -0.3 is 4.74 Å². The monoisotopic (exact) mass is 231 g/mol. The second-order valence-electron chi connectivity index (χ2n) is 4.47. The van der Waals surface area contributed by atoms with Gasteiger partial charge in [0.25, 0.3) is 0 Å². The van der Waals surface area contributed by atoms with Crippen LogP contribution in [0.1, 0.15) is 33.1 Å². The van der Waals surface area contributed by atoms with E-state index in [4.69, 9.17) is 4.74 Å². The molecule has 0 aromatic heterocycles. The number of morpholine rings is 1. The highest BCUT2D eigenvalue weighted by molar-refractivity contribution is 7.80. The van der Waals surface area contributed by atoms with E-state index in [9.17, 15) is 0 Å². The van der Waals surface area contributed by atoms with Crippen molar-refractivity contribution in [3.05, 3.63) is 0 Å². The van der Waals surface area contributed by atoms with Crippen molar-refractivity contribution in [2.24, 2.45) is 5.92 Å². The van der Waals surface area contributed by atoms with Gasteiger partial charge >= 0.3 is 0 Å². The molecule has 0 aromatic carbocycles. The summed E-state index contributed by atoms with van der Waals surface area (Å²) in [6.07, 6.45) is 3.77. The lowest BCUT2D eigenvalue weighted by Gasteiger charge is -2.37. The first-order valence-electron chi connectivity index (χ1n) is 6.24. The lowest BCUT2D eigenvalue weighted by atomic mass is 10.0. The van der Waals surface area contributed by atoms with Crippen molar-refractivity contribution in [1.82, 2.24) is 4.90 Å². The summed E-state index contributed by atoms with van der Waals surface area (Å²) in [5.74, 6) is 1.77. The molecule has 1 aliphatic heterocycles. The Hall–Kier alpha value is 0.270. The van der Waals surface area contributed by atoms with E-state index in [0.29, 0.717) is 6.04 Å². The zero-order valence-corrected chi connectivity index (χ0v) is 11.0. The summed E-state index contributed by atoms with van der Waals surface area (Å²) >= 11 is 4.45. The van der Waals surface area contributed by atoms with Crippen LogP contribution in [-0.2, 0) is 4.74 Å². The van der Waals surface area contributed by atoms with Crippen LogP contribution < -0.4 is 0 Å². The first kappa shape index (κ1) is 13.3. The fourth-order valence-electron chi connectivity index (χ4n) is 2.29. The van der Waals surface area contributed by atoms with Crippen LogP contribution in [0, 0.1) is 5.92 Å². The largest absolute Gasteiger partial charge is 0.378 e. The lowest BCUT2D eigenvalue weighted by Crippen LogP contribution is -2.47. The van der Waals surface area contributed by atoms with Gasteiger partial charge in [-0.15, -0.1) is 0 Å². The van der Waals surface area contributed by atoms with Gasteiger partial charge in [0.15, 0.2) is 0 Å². The minimum Gasteiger partial charge on any atom is -0.378 e. The maximum absolute atomic E-state index is 5.52. The van der Waals surface area contributed by atoms with Crippen LogP contribution in [0.5, 0.6) is 0 Å². The van der Waals surface area contributed by atoms with Crippen LogP contribution in [0.15, 0.2) is 0 Å². The Morgan fingerprint density at radius 2 is 2.27 bits per heavy atom. The van der Waals surface area contributed by atoms with Crippen LogP contribution in [-0.4, -0.2) is 43.0 Å². The van der Waals surface area contributed by atoms with Gasteiger partial charge in [-0.1, -0.05) is 20.3 Å². The zero-order chi connectivity index (χ0) is 11.1. The predicted octanol–water partition coefficient (Wildman–Crippen LogP) is 2.44. The molecule has 0 aliphatic carbocycles. The Balaban J connectivity index is 2.38. The zero-order valence-electron chi connectivity index (χ0n) is 10.1. The summed E-state index contributed by atoms with van der Waals surface area (Å²) in [5, 5.41) is 0. The third-order valence-corrected chi connectivity index (χ3v) is 3.78. The maximum atomic E-state index is 5.52. The Kier molecular flexibility index (Phi) is 6.69. The minimum atomic E-state index is 0.637. The molecule has 1 aliphatic rings. The highest BCUT2D eigenvalue weighted by Crippen LogP contribution is 2.16. The highest BCUT2D eigenvalue weighted by Gasteiger charge is 2.23. The molecule has 1 saturated heterocycles. The van der Waals surface area contributed by atoms with Crippen molar-refractivity contribution in [2.75, 3.05) is 32.1 Å². The van der Waals surface area contributed by atoms with E-state index < -0.39 is 0 Å². The van der Waals surface area contributed by atoms with Gasteiger partial charge in [-0.05, 0) is 24.5 Å². The van der Waals surface area contributed by atoms with Gasteiger partial charge in [0.1, 0.15) is 0 Å². The summed E-state index contributed by atoms with van der Waals surface area (Å²) in [4.78, 5) is 2.60. The molecule has 0 N–H and O–H groups in total. The summed E-state index contributed by atoms with van der Waals surface area (Å²) in [5.41, 5.74) is 0. The number of thiol groups is 1. The molecule has 0 aromatic rings.